The number of rotatable bonds is 2. The number of hydrogen-bond donors (Lipinski definition) is 1. The number of likely N-dealkylation sites (tertiary alicyclic amines) is 1. The van der Waals surface area contributed by atoms with E-state index >= 15 is 0 Å². The minimum atomic E-state index is -0.242. The van der Waals surface area contributed by atoms with Gasteiger partial charge in [-0.2, -0.15) is 5.10 Å². The smallest absolute Gasteiger partial charge is 0.274 e. The molecule has 2 rings (SSSR count). The van der Waals surface area contributed by atoms with Crippen molar-refractivity contribution < 1.29 is 9.90 Å². The van der Waals surface area contributed by atoms with Crippen LogP contribution in [0.15, 0.2) is 16.9 Å². The van der Waals surface area contributed by atoms with Crippen molar-refractivity contribution in [3.63, 3.8) is 0 Å². The molecule has 0 spiro atoms. The first-order valence-electron chi connectivity index (χ1n) is 5.06. The molecule has 1 saturated heterocycles. The lowest BCUT2D eigenvalue weighted by molar-refractivity contribution is 0.0354. The molecule has 1 aromatic rings. The molecule has 0 saturated carbocycles. The monoisotopic (exact) mass is 223 g/mol. The zero-order chi connectivity index (χ0) is 11.7. The number of hydrogen-bond acceptors (Lipinski definition) is 4. The predicted octanol–water partition coefficient (Wildman–Crippen LogP) is -1.16. The van der Waals surface area contributed by atoms with Crippen LogP contribution in [-0.2, 0) is 7.05 Å². The highest BCUT2D eigenvalue weighted by atomic mass is 16.3. The van der Waals surface area contributed by atoms with Gasteiger partial charge in [-0.25, -0.2) is 4.68 Å². The van der Waals surface area contributed by atoms with E-state index in [0.717, 1.165) is 4.68 Å². The molecule has 1 amide bonds. The number of aliphatic hydroxyl groups is 1. The van der Waals surface area contributed by atoms with Crippen molar-refractivity contribution in [3.05, 3.63) is 28.2 Å². The number of nitrogens with zero attached hydrogens (tertiary/aromatic N) is 3. The average Bonchev–Trinajstić information content (AvgIpc) is 2.20. The fourth-order valence-electron chi connectivity index (χ4n) is 1.63. The lowest BCUT2D eigenvalue weighted by atomic mass is 10.0. The Kier molecular flexibility index (Phi) is 2.74. The molecule has 16 heavy (non-hydrogen) atoms. The fraction of sp³-hybridized carbons (Fsp3) is 0.500. The number of carbonyl (C=O) groups is 1. The molecule has 1 aromatic heterocycles. The summed E-state index contributed by atoms with van der Waals surface area (Å²) in [4.78, 5) is 24.5. The van der Waals surface area contributed by atoms with Gasteiger partial charge in [-0.05, 0) is 6.07 Å². The van der Waals surface area contributed by atoms with E-state index < -0.39 is 0 Å². The van der Waals surface area contributed by atoms with Gasteiger partial charge in [-0.15, -0.1) is 0 Å². The summed E-state index contributed by atoms with van der Waals surface area (Å²) < 4.78 is 1.14. The Hall–Kier alpha value is -1.69. The number of aromatic nitrogens is 2. The molecule has 1 fully saturated rings. The topological polar surface area (TPSA) is 75.4 Å². The summed E-state index contributed by atoms with van der Waals surface area (Å²) in [6, 6.07) is 2.75. The maximum atomic E-state index is 11.8. The van der Waals surface area contributed by atoms with Crippen LogP contribution < -0.4 is 5.56 Å². The van der Waals surface area contributed by atoms with E-state index in [9.17, 15) is 9.59 Å². The zero-order valence-corrected chi connectivity index (χ0v) is 8.96. The van der Waals surface area contributed by atoms with Crippen molar-refractivity contribution in [1.29, 1.82) is 0 Å². The van der Waals surface area contributed by atoms with Gasteiger partial charge >= 0.3 is 0 Å². The molecule has 0 unspecified atom stereocenters. The normalized spacial score (nSPS) is 16.0. The average molecular weight is 223 g/mol. The number of aliphatic hydroxyl groups excluding tert-OH is 1. The van der Waals surface area contributed by atoms with Crippen LogP contribution >= 0.6 is 0 Å². The van der Waals surface area contributed by atoms with E-state index in [0.29, 0.717) is 13.1 Å². The van der Waals surface area contributed by atoms with Gasteiger partial charge in [-0.3, -0.25) is 9.59 Å². The van der Waals surface area contributed by atoms with Gasteiger partial charge < -0.3 is 10.0 Å². The Labute approximate surface area is 92.1 Å². The summed E-state index contributed by atoms with van der Waals surface area (Å²) in [6.07, 6.45) is 0. The molecule has 0 aromatic carbocycles. The van der Waals surface area contributed by atoms with Gasteiger partial charge in [0.1, 0.15) is 5.69 Å². The third kappa shape index (κ3) is 1.83. The molecule has 0 atom stereocenters. The number of carbonyl (C=O) groups excluding carboxylic acids is 1. The second-order valence-electron chi connectivity index (χ2n) is 3.94. The van der Waals surface area contributed by atoms with Crippen molar-refractivity contribution in [3.8, 4) is 0 Å². The molecular formula is C10H13N3O3. The van der Waals surface area contributed by atoms with Crippen molar-refractivity contribution in [2.45, 2.75) is 0 Å². The first-order chi connectivity index (χ1) is 7.61. The van der Waals surface area contributed by atoms with Crippen LogP contribution in [0.3, 0.4) is 0 Å². The Bertz CT molecular complexity index is 463. The van der Waals surface area contributed by atoms with Gasteiger partial charge in [0.15, 0.2) is 0 Å². The lowest BCUT2D eigenvalue weighted by Gasteiger charge is -2.37. The molecule has 1 N–H and O–H groups in total. The van der Waals surface area contributed by atoms with Gasteiger partial charge in [0.05, 0.1) is 0 Å². The Morgan fingerprint density at radius 3 is 2.81 bits per heavy atom. The minimum absolute atomic E-state index is 0.102. The largest absolute Gasteiger partial charge is 0.396 e. The van der Waals surface area contributed by atoms with Crippen LogP contribution in [0, 0.1) is 5.92 Å². The van der Waals surface area contributed by atoms with Gasteiger partial charge in [0.25, 0.3) is 11.5 Å². The molecule has 6 heteroatoms. The van der Waals surface area contributed by atoms with E-state index in [2.05, 4.69) is 5.10 Å². The number of amides is 1. The van der Waals surface area contributed by atoms with E-state index in [1.165, 1.54) is 19.2 Å². The van der Waals surface area contributed by atoms with Crippen molar-refractivity contribution in [2.24, 2.45) is 13.0 Å². The summed E-state index contributed by atoms with van der Waals surface area (Å²) in [5.41, 5.74) is 0.0203. The third-order valence-electron chi connectivity index (χ3n) is 2.68. The summed E-state index contributed by atoms with van der Waals surface area (Å²) in [7, 11) is 1.51. The molecule has 1 aliphatic rings. The van der Waals surface area contributed by atoms with Crippen LogP contribution in [-0.4, -0.2) is 45.4 Å². The molecule has 0 aliphatic carbocycles. The van der Waals surface area contributed by atoms with Crippen LogP contribution in [0.4, 0.5) is 0 Å². The second kappa shape index (κ2) is 4.05. The SMILES string of the molecule is Cn1nc(C(=O)N2CC(CO)C2)ccc1=O. The van der Waals surface area contributed by atoms with E-state index in [1.807, 2.05) is 0 Å². The second-order valence-corrected chi connectivity index (χ2v) is 3.94. The van der Waals surface area contributed by atoms with E-state index in [1.54, 1.807) is 4.90 Å². The predicted molar refractivity (Wildman–Crippen MR) is 56.0 cm³/mol. The summed E-state index contributed by atoms with van der Waals surface area (Å²) in [5.74, 6) is -0.0169. The van der Waals surface area contributed by atoms with Crippen LogP contribution in [0.1, 0.15) is 10.5 Å². The highest BCUT2D eigenvalue weighted by Crippen LogP contribution is 2.16. The minimum Gasteiger partial charge on any atom is -0.396 e. The maximum absolute atomic E-state index is 11.8. The third-order valence-corrected chi connectivity index (χ3v) is 2.68. The van der Waals surface area contributed by atoms with E-state index in [4.69, 9.17) is 5.11 Å². The van der Waals surface area contributed by atoms with Gasteiger partial charge in [-0.1, -0.05) is 0 Å². The highest BCUT2D eigenvalue weighted by Gasteiger charge is 2.31. The van der Waals surface area contributed by atoms with Gasteiger partial charge in [0.2, 0.25) is 0 Å². The zero-order valence-electron chi connectivity index (χ0n) is 8.96. The molecule has 86 valence electrons. The van der Waals surface area contributed by atoms with Crippen LogP contribution in [0.5, 0.6) is 0 Å². The fourth-order valence-corrected chi connectivity index (χ4v) is 1.63. The standard InChI is InChI=1S/C10H13N3O3/c1-12-9(15)3-2-8(11-12)10(16)13-4-7(5-13)6-14/h2-3,7,14H,4-6H2,1H3. The van der Waals surface area contributed by atoms with Crippen molar-refractivity contribution in [1.82, 2.24) is 14.7 Å². The van der Waals surface area contributed by atoms with Crippen LogP contribution in [0.25, 0.3) is 0 Å². The Morgan fingerprint density at radius 1 is 1.56 bits per heavy atom. The molecule has 0 radical (unpaired) electrons. The molecular weight excluding hydrogens is 210 g/mol. The molecule has 0 bridgehead atoms. The van der Waals surface area contributed by atoms with Crippen molar-refractivity contribution in [2.75, 3.05) is 19.7 Å². The lowest BCUT2D eigenvalue weighted by Crippen LogP contribution is -2.51. The highest BCUT2D eigenvalue weighted by molar-refractivity contribution is 5.92. The first-order valence-corrected chi connectivity index (χ1v) is 5.06. The van der Waals surface area contributed by atoms with E-state index in [-0.39, 0.29) is 29.7 Å². The molecule has 2 heterocycles. The quantitative estimate of drug-likeness (QED) is 0.686. The number of aryl methyl sites for hydroxylation is 1. The maximum Gasteiger partial charge on any atom is 0.274 e. The Balaban J connectivity index is 2.10. The van der Waals surface area contributed by atoms with Gasteiger partial charge in [0, 0.05) is 38.7 Å². The summed E-state index contributed by atoms with van der Waals surface area (Å²) in [5, 5.41) is 12.7. The molecule has 1 aliphatic heterocycles. The van der Waals surface area contributed by atoms with Crippen LogP contribution in [0.2, 0.25) is 0 Å². The summed E-state index contributed by atoms with van der Waals surface area (Å²) in [6.45, 7) is 1.21. The Morgan fingerprint density at radius 2 is 2.25 bits per heavy atom. The van der Waals surface area contributed by atoms with Crippen molar-refractivity contribution >= 4 is 5.91 Å². The summed E-state index contributed by atoms with van der Waals surface area (Å²) >= 11 is 0. The molecule has 6 nitrogen and oxygen atoms in total. The first kappa shape index (κ1) is 10.8.